The van der Waals surface area contributed by atoms with E-state index in [4.69, 9.17) is 11.6 Å². The molecule has 2 aromatic rings. The minimum Gasteiger partial charge on any atom is -0.352 e. The van der Waals surface area contributed by atoms with E-state index in [2.05, 4.69) is 34.9 Å². The molecule has 0 saturated heterocycles. The topological polar surface area (TPSA) is 41.1 Å². The fraction of sp³-hybridized carbons (Fsp3) is 0.316. The first-order valence-corrected chi connectivity index (χ1v) is 8.43. The third-order valence-corrected chi connectivity index (χ3v) is 5.01. The van der Waals surface area contributed by atoms with Gasteiger partial charge in [-0.05, 0) is 46.7 Å². The van der Waals surface area contributed by atoms with Crippen LogP contribution in [0.5, 0.6) is 0 Å². The average molecular weight is 327 g/mol. The Morgan fingerprint density at radius 1 is 1.17 bits per heavy atom. The molecule has 118 valence electrons. The van der Waals surface area contributed by atoms with Crippen molar-refractivity contribution in [3.63, 3.8) is 0 Å². The third-order valence-electron chi connectivity index (χ3n) is 4.77. The standard InChI is InChI=1S/C19H19ClN2O/c20-16-3-1-2-13(7-16)17-8-18(17)19(23)22-9-12-4-5-14-10-21-11-15(14)6-12/h1-7,17-18,21H,8-11H2,(H,22,23). The Hall–Kier alpha value is -1.84. The number of hydrogen-bond donors (Lipinski definition) is 2. The van der Waals surface area contributed by atoms with E-state index in [-0.39, 0.29) is 11.8 Å². The Morgan fingerprint density at radius 3 is 2.91 bits per heavy atom. The van der Waals surface area contributed by atoms with Crippen molar-refractivity contribution in [1.82, 2.24) is 10.6 Å². The molecule has 2 unspecified atom stereocenters. The summed E-state index contributed by atoms with van der Waals surface area (Å²) in [5.74, 6) is 0.552. The van der Waals surface area contributed by atoms with Gasteiger partial charge in [0.15, 0.2) is 0 Å². The Morgan fingerprint density at radius 2 is 2.04 bits per heavy atom. The first-order chi connectivity index (χ1) is 11.2. The molecule has 1 amide bonds. The van der Waals surface area contributed by atoms with Crippen molar-refractivity contribution in [1.29, 1.82) is 0 Å². The van der Waals surface area contributed by atoms with E-state index in [9.17, 15) is 4.79 Å². The van der Waals surface area contributed by atoms with E-state index in [1.165, 1.54) is 22.3 Å². The van der Waals surface area contributed by atoms with Gasteiger partial charge in [-0.15, -0.1) is 0 Å². The predicted octanol–water partition coefficient (Wildman–Crippen LogP) is 3.36. The van der Waals surface area contributed by atoms with E-state index in [1.807, 2.05) is 18.2 Å². The van der Waals surface area contributed by atoms with E-state index >= 15 is 0 Å². The normalized spacial score (nSPS) is 21.8. The maximum atomic E-state index is 12.3. The van der Waals surface area contributed by atoms with Gasteiger partial charge in [0.05, 0.1) is 0 Å². The van der Waals surface area contributed by atoms with Crippen LogP contribution in [0.1, 0.15) is 34.6 Å². The van der Waals surface area contributed by atoms with Gasteiger partial charge in [-0.1, -0.05) is 41.9 Å². The van der Waals surface area contributed by atoms with Crippen LogP contribution in [-0.2, 0) is 24.4 Å². The largest absolute Gasteiger partial charge is 0.352 e. The molecule has 4 heteroatoms. The van der Waals surface area contributed by atoms with Crippen molar-refractivity contribution < 1.29 is 4.79 Å². The highest BCUT2D eigenvalue weighted by Gasteiger charge is 2.43. The zero-order valence-corrected chi connectivity index (χ0v) is 13.6. The van der Waals surface area contributed by atoms with Crippen LogP contribution >= 0.6 is 11.6 Å². The number of fused-ring (bicyclic) bond motifs is 1. The van der Waals surface area contributed by atoms with Crippen molar-refractivity contribution in [2.24, 2.45) is 5.92 Å². The second-order valence-electron chi connectivity index (χ2n) is 6.43. The van der Waals surface area contributed by atoms with E-state index in [1.54, 1.807) is 0 Å². The smallest absolute Gasteiger partial charge is 0.224 e. The number of nitrogens with one attached hydrogen (secondary N) is 2. The Labute approximate surface area is 141 Å². The first kappa shape index (κ1) is 14.7. The molecule has 2 aliphatic rings. The lowest BCUT2D eigenvalue weighted by Crippen LogP contribution is -2.24. The van der Waals surface area contributed by atoms with Gasteiger partial charge in [-0.25, -0.2) is 0 Å². The van der Waals surface area contributed by atoms with Crippen molar-refractivity contribution in [3.05, 3.63) is 69.7 Å². The third kappa shape index (κ3) is 3.12. The maximum absolute atomic E-state index is 12.3. The molecule has 1 fully saturated rings. The van der Waals surface area contributed by atoms with Crippen LogP contribution in [0.25, 0.3) is 0 Å². The van der Waals surface area contributed by atoms with Gasteiger partial charge in [0, 0.05) is 30.6 Å². The molecule has 2 aromatic carbocycles. The number of benzene rings is 2. The fourth-order valence-corrected chi connectivity index (χ4v) is 3.57. The molecule has 2 atom stereocenters. The Kier molecular flexibility index (Phi) is 3.83. The van der Waals surface area contributed by atoms with Crippen LogP contribution in [0.15, 0.2) is 42.5 Å². The molecule has 1 saturated carbocycles. The molecule has 1 aliphatic heterocycles. The van der Waals surface area contributed by atoms with Crippen molar-refractivity contribution in [2.75, 3.05) is 0 Å². The monoisotopic (exact) mass is 326 g/mol. The molecule has 1 aliphatic carbocycles. The van der Waals surface area contributed by atoms with Crippen LogP contribution in [0.2, 0.25) is 5.02 Å². The molecule has 23 heavy (non-hydrogen) atoms. The summed E-state index contributed by atoms with van der Waals surface area (Å²) in [6.07, 6.45) is 0.917. The highest BCUT2D eigenvalue weighted by atomic mass is 35.5. The molecule has 2 N–H and O–H groups in total. The van der Waals surface area contributed by atoms with Crippen molar-refractivity contribution in [2.45, 2.75) is 32.0 Å². The number of rotatable bonds is 4. The lowest BCUT2D eigenvalue weighted by molar-refractivity contribution is -0.122. The van der Waals surface area contributed by atoms with Gasteiger partial charge in [0.1, 0.15) is 0 Å². The molecule has 0 radical (unpaired) electrons. The summed E-state index contributed by atoms with van der Waals surface area (Å²) >= 11 is 6.03. The zero-order chi connectivity index (χ0) is 15.8. The van der Waals surface area contributed by atoms with Crippen molar-refractivity contribution >= 4 is 17.5 Å². The van der Waals surface area contributed by atoms with Gasteiger partial charge >= 0.3 is 0 Å². The van der Waals surface area contributed by atoms with Crippen LogP contribution in [0.3, 0.4) is 0 Å². The minimum absolute atomic E-state index is 0.0876. The predicted molar refractivity (Wildman–Crippen MR) is 91.1 cm³/mol. The molecule has 0 spiro atoms. The van der Waals surface area contributed by atoms with Crippen LogP contribution in [0, 0.1) is 5.92 Å². The Bertz CT molecular complexity index is 759. The average Bonchev–Trinajstić information content (AvgIpc) is 3.23. The molecule has 4 rings (SSSR count). The number of amides is 1. The second-order valence-corrected chi connectivity index (χ2v) is 6.86. The van der Waals surface area contributed by atoms with Crippen LogP contribution < -0.4 is 10.6 Å². The van der Waals surface area contributed by atoms with Gasteiger partial charge in [-0.3, -0.25) is 4.79 Å². The number of hydrogen-bond acceptors (Lipinski definition) is 2. The molecular weight excluding hydrogens is 308 g/mol. The summed E-state index contributed by atoms with van der Waals surface area (Å²) in [4.78, 5) is 12.3. The molecule has 0 bridgehead atoms. The number of carbonyl (C=O) groups excluding carboxylic acids is 1. The van der Waals surface area contributed by atoms with Gasteiger partial charge < -0.3 is 10.6 Å². The van der Waals surface area contributed by atoms with E-state index in [0.717, 1.165) is 24.5 Å². The fourth-order valence-electron chi connectivity index (χ4n) is 3.37. The lowest BCUT2D eigenvalue weighted by atomic mass is 10.1. The zero-order valence-electron chi connectivity index (χ0n) is 12.8. The Balaban J connectivity index is 1.34. The van der Waals surface area contributed by atoms with Gasteiger partial charge in [0.2, 0.25) is 5.91 Å². The second kappa shape index (κ2) is 5.99. The quantitative estimate of drug-likeness (QED) is 0.904. The molecule has 0 aromatic heterocycles. The SMILES string of the molecule is O=C(NCc1ccc2c(c1)CNC2)C1CC1c1cccc(Cl)c1. The number of halogens is 1. The summed E-state index contributed by atoms with van der Waals surface area (Å²) in [5.41, 5.74) is 5.05. The summed E-state index contributed by atoms with van der Waals surface area (Å²) in [6.45, 7) is 2.48. The van der Waals surface area contributed by atoms with Crippen LogP contribution in [0.4, 0.5) is 0 Å². The molecule has 3 nitrogen and oxygen atoms in total. The summed E-state index contributed by atoms with van der Waals surface area (Å²) in [5, 5.41) is 7.15. The van der Waals surface area contributed by atoms with E-state index in [0.29, 0.717) is 12.5 Å². The van der Waals surface area contributed by atoms with Gasteiger partial charge in [-0.2, -0.15) is 0 Å². The lowest BCUT2D eigenvalue weighted by Gasteiger charge is -2.07. The highest BCUT2D eigenvalue weighted by Crippen LogP contribution is 2.47. The number of carbonyl (C=O) groups is 1. The minimum atomic E-state index is 0.0876. The molecular formula is C19H19ClN2O. The first-order valence-electron chi connectivity index (χ1n) is 8.05. The summed E-state index contributed by atoms with van der Waals surface area (Å²) in [6, 6.07) is 14.3. The summed E-state index contributed by atoms with van der Waals surface area (Å²) < 4.78 is 0. The van der Waals surface area contributed by atoms with Gasteiger partial charge in [0.25, 0.3) is 0 Å². The molecule has 1 heterocycles. The van der Waals surface area contributed by atoms with E-state index < -0.39 is 0 Å². The summed E-state index contributed by atoms with van der Waals surface area (Å²) in [7, 11) is 0. The highest BCUT2D eigenvalue weighted by molar-refractivity contribution is 6.30. The van der Waals surface area contributed by atoms with Crippen LogP contribution in [-0.4, -0.2) is 5.91 Å². The van der Waals surface area contributed by atoms with Crippen molar-refractivity contribution in [3.8, 4) is 0 Å². The maximum Gasteiger partial charge on any atom is 0.224 e.